The van der Waals surface area contributed by atoms with E-state index in [9.17, 15) is 0 Å². The lowest BCUT2D eigenvalue weighted by Gasteiger charge is -2.14. The number of guanidine groups is 1. The molecule has 146 valence electrons. The molecule has 0 unspecified atom stereocenters. The van der Waals surface area contributed by atoms with Crippen molar-refractivity contribution < 1.29 is 14.6 Å². The van der Waals surface area contributed by atoms with Crippen LogP contribution >= 0.6 is 0 Å². The normalized spacial score (nSPS) is 11.2. The second kappa shape index (κ2) is 11.1. The second-order valence-electron chi connectivity index (χ2n) is 6.10. The lowest BCUT2D eigenvalue weighted by molar-refractivity contribution is 0.196. The molecule has 0 fully saturated rings. The first-order valence-electron chi connectivity index (χ1n) is 9.14. The number of nitrogens with one attached hydrogen (secondary N) is 2. The first-order chi connectivity index (χ1) is 13.2. The van der Waals surface area contributed by atoms with Crippen LogP contribution in [0, 0.1) is 6.92 Å². The van der Waals surface area contributed by atoms with E-state index < -0.39 is 0 Å². The Morgan fingerprint density at radius 3 is 2.63 bits per heavy atom. The minimum Gasteiger partial charge on any atom is -0.493 e. The third-order valence-electron chi connectivity index (χ3n) is 3.88. The topological polar surface area (TPSA) is 75.1 Å². The number of aryl methyl sites for hydroxylation is 1. The molecule has 0 bridgehead atoms. The van der Waals surface area contributed by atoms with Crippen molar-refractivity contribution in [1.82, 2.24) is 10.6 Å². The molecule has 0 saturated carbocycles. The van der Waals surface area contributed by atoms with Gasteiger partial charge in [-0.3, -0.25) is 0 Å². The zero-order chi connectivity index (χ0) is 19.5. The van der Waals surface area contributed by atoms with Crippen LogP contribution in [0.25, 0.3) is 0 Å². The monoisotopic (exact) mass is 371 g/mol. The maximum absolute atomic E-state index is 8.89. The standard InChI is InChI=1S/C21H29N3O3/c1-4-22-21(23-14-17-7-5-6-16(2)12-17)24-15-18-8-9-19(27-11-10-25)20(13-18)26-3/h5-9,12-13,25H,4,10-11,14-15H2,1-3H3,(H2,22,23,24). The van der Waals surface area contributed by atoms with Gasteiger partial charge in [-0.25, -0.2) is 4.99 Å². The molecular formula is C21H29N3O3. The zero-order valence-corrected chi connectivity index (χ0v) is 16.3. The smallest absolute Gasteiger partial charge is 0.191 e. The number of aliphatic hydroxyl groups excluding tert-OH is 1. The lowest BCUT2D eigenvalue weighted by Crippen LogP contribution is -2.36. The van der Waals surface area contributed by atoms with Crippen LogP contribution < -0.4 is 20.1 Å². The fourth-order valence-corrected chi connectivity index (χ4v) is 2.61. The molecule has 3 N–H and O–H groups in total. The largest absolute Gasteiger partial charge is 0.493 e. The van der Waals surface area contributed by atoms with E-state index in [0.29, 0.717) is 24.6 Å². The number of aliphatic hydroxyl groups is 1. The Balaban J connectivity index is 2.01. The van der Waals surface area contributed by atoms with Crippen molar-refractivity contribution in [2.45, 2.75) is 26.9 Å². The predicted molar refractivity (Wildman–Crippen MR) is 108 cm³/mol. The number of aliphatic imine (C=N–C) groups is 1. The van der Waals surface area contributed by atoms with E-state index in [1.165, 1.54) is 11.1 Å². The molecule has 0 aliphatic heterocycles. The molecule has 27 heavy (non-hydrogen) atoms. The van der Waals surface area contributed by atoms with Gasteiger partial charge in [-0.15, -0.1) is 0 Å². The van der Waals surface area contributed by atoms with E-state index in [-0.39, 0.29) is 13.2 Å². The maximum Gasteiger partial charge on any atom is 0.191 e. The summed E-state index contributed by atoms with van der Waals surface area (Å²) in [6, 6.07) is 14.1. The van der Waals surface area contributed by atoms with Crippen molar-refractivity contribution in [3.05, 3.63) is 59.2 Å². The van der Waals surface area contributed by atoms with E-state index in [1.54, 1.807) is 7.11 Å². The highest BCUT2D eigenvalue weighted by atomic mass is 16.5. The third-order valence-corrected chi connectivity index (χ3v) is 3.88. The van der Waals surface area contributed by atoms with Crippen LogP contribution in [0.5, 0.6) is 11.5 Å². The van der Waals surface area contributed by atoms with Crippen molar-refractivity contribution in [2.75, 3.05) is 26.9 Å². The average Bonchev–Trinajstić information content (AvgIpc) is 2.68. The van der Waals surface area contributed by atoms with Gasteiger partial charge in [0.05, 0.1) is 20.3 Å². The molecule has 0 aromatic heterocycles. The summed E-state index contributed by atoms with van der Waals surface area (Å²) >= 11 is 0. The molecule has 2 rings (SSSR count). The van der Waals surface area contributed by atoms with Crippen molar-refractivity contribution in [2.24, 2.45) is 4.99 Å². The Hall–Kier alpha value is -2.73. The molecule has 2 aromatic carbocycles. The highest BCUT2D eigenvalue weighted by Gasteiger charge is 2.06. The van der Waals surface area contributed by atoms with Crippen LogP contribution in [0.3, 0.4) is 0 Å². The summed E-state index contributed by atoms with van der Waals surface area (Å²) < 4.78 is 10.8. The van der Waals surface area contributed by atoms with E-state index in [1.807, 2.05) is 31.2 Å². The van der Waals surface area contributed by atoms with E-state index in [4.69, 9.17) is 14.6 Å². The number of rotatable bonds is 9. The van der Waals surface area contributed by atoms with Crippen LogP contribution in [0.1, 0.15) is 23.6 Å². The third kappa shape index (κ3) is 6.83. The summed E-state index contributed by atoms with van der Waals surface area (Å²) in [5.41, 5.74) is 3.46. The molecule has 0 aliphatic rings. The summed E-state index contributed by atoms with van der Waals surface area (Å²) in [6.07, 6.45) is 0. The number of nitrogens with zero attached hydrogens (tertiary/aromatic N) is 1. The first kappa shape index (κ1) is 20.6. The SMILES string of the molecule is CCNC(=NCc1cccc(C)c1)NCc1ccc(OCCO)c(OC)c1. The Bertz CT molecular complexity index is 747. The summed E-state index contributed by atoms with van der Waals surface area (Å²) in [4.78, 5) is 4.65. The molecule has 2 aromatic rings. The van der Waals surface area contributed by atoms with Crippen molar-refractivity contribution in [1.29, 1.82) is 0 Å². The molecule has 0 spiro atoms. The van der Waals surface area contributed by atoms with Gasteiger partial charge in [-0.2, -0.15) is 0 Å². The molecule has 0 saturated heterocycles. The quantitative estimate of drug-likeness (QED) is 0.467. The summed E-state index contributed by atoms with van der Waals surface area (Å²) in [7, 11) is 1.60. The maximum atomic E-state index is 8.89. The number of methoxy groups -OCH3 is 1. The van der Waals surface area contributed by atoms with Gasteiger partial charge in [0.1, 0.15) is 6.61 Å². The average molecular weight is 371 g/mol. The Morgan fingerprint density at radius 1 is 1.07 bits per heavy atom. The molecule has 6 heteroatoms. The van der Waals surface area contributed by atoms with E-state index in [2.05, 4.69) is 40.7 Å². The van der Waals surface area contributed by atoms with Gasteiger partial charge in [0.2, 0.25) is 0 Å². The van der Waals surface area contributed by atoms with Crippen LogP contribution in [0.4, 0.5) is 0 Å². The van der Waals surface area contributed by atoms with Crippen LogP contribution in [-0.2, 0) is 13.1 Å². The van der Waals surface area contributed by atoms with Crippen molar-refractivity contribution in [3.63, 3.8) is 0 Å². The lowest BCUT2D eigenvalue weighted by atomic mass is 10.1. The summed E-state index contributed by atoms with van der Waals surface area (Å²) in [5, 5.41) is 15.5. The number of hydrogen-bond acceptors (Lipinski definition) is 4. The van der Waals surface area contributed by atoms with Gasteiger partial charge in [-0.1, -0.05) is 35.9 Å². The highest BCUT2D eigenvalue weighted by molar-refractivity contribution is 5.79. The van der Waals surface area contributed by atoms with Crippen LogP contribution in [0.15, 0.2) is 47.5 Å². The van der Waals surface area contributed by atoms with Crippen molar-refractivity contribution >= 4 is 5.96 Å². The minimum absolute atomic E-state index is 0.0318. The number of benzene rings is 2. The van der Waals surface area contributed by atoms with Crippen LogP contribution in [-0.4, -0.2) is 37.9 Å². The van der Waals surface area contributed by atoms with Gasteiger partial charge in [0.25, 0.3) is 0 Å². The fourth-order valence-electron chi connectivity index (χ4n) is 2.61. The second-order valence-corrected chi connectivity index (χ2v) is 6.10. The number of hydrogen-bond donors (Lipinski definition) is 3. The summed E-state index contributed by atoms with van der Waals surface area (Å²) in [5.74, 6) is 2.03. The molecule has 6 nitrogen and oxygen atoms in total. The zero-order valence-electron chi connectivity index (χ0n) is 16.3. The molecule has 0 aliphatic carbocycles. The molecular weight excluding hydrogens is 342 g/mol. The first-order valence-corrected chi connectivity index (χ1v) is 9.14. The van der Waals surface area contributed by atoms with Gasteiger partial charge < -0.3 is 25.2 Å². The summed E-state index contributed by atoms with van der Waals surface area (Å²) in [6.45, 7) is 6.35. The van der Waals surface area contributed by atoms with Gasteiger partial charge in [0.15, 0.2) is 17.5 Å². The fraction of sp³-hybridized carbons (Fsp3) is 0.381. The Kier molecular flexibility index (Phi) is 8.45. The molecule has 0 amide bonds. The molecule has 0 atom stereocenters. The number of ether oxygens (including phenoxy) is 2. The minimum atomic E-state index is -0.0318. The van der Waals surface area contributed by atoms with Crippen LogP contribution in [0.2, 0.25) is 0 Å². The highest BCUT2D eigenvalue weighted by Crippen LogP contribution is 2.27. The van der Waals surface area contributed by atoms with E-state index in [0.717, 1.165) is 18.1 Å². The Labute approximate surface area is 161 Å². The Morgan fingerprint density at radius 2 is 1.93 bits per heavy atom. The predicted octanol–water partition coefficient (Wildman–Crippen LogP) is 2.63. The van der Waals surface area contributed by atoms with Gasteiger partial charge in [-0.05, 0) is 37.1 Å². The van der Waals surface area contributed by atoms with Crippen molar-refractivity contribution in [3.8, 4) is 11.5 Å². The molecule has 0 radical (unpaired) electrons. The van der Waals surface area contributed by atoms with E-state index >= 15 is 0 Å². The van der Waals surface area contributed by atoms with Gasteiger partial charge in [0, 0.05) is 13.1 Å². The van der Waals surface area contributed by atoms with Gasteiger partial charge >= 0.3 is 0 Å². The molecule has 0 heterocycles.